The molecule has 0 aliphatic carbocycles. The molecule has 0 saturated carbocycles. The number of methoxy groups -OCH3 is 1. The van der Waals surface area contributed by atoms with Crippen molar-refractivity contribution in [1.29, 1.82) is 0 Å². The Morgan fingerprint density at radius 1 is 1.32 bits per heavy atom. The van der Waals surface area contributed by atoms with Gasteiger partial charge in [-0.05, 0) is 37.6 Å². The Kier molecular flexibility index (Phi) is 5.50. The Hall–Kier alpha value is -2.18. The second-order valence-electron chi connectivity index (χ2n) is 6.51. The molecule has 0 amide bonds. The molecule has 2 aromatic rings. The number of carbonyl (C=O) groups is 1. The fourth-order valence-electron chi connectivity index (χ4n) is 3.21. The van der Waals surface area contributed by atoms with Crippen LogP contribution in [0.5, 0.6) is 0 Å². The third-order valence-corrected chi connectivity index (χ3v) is 4.44. The van der Waals surface area contributed by atoms with E-state index >= 15 is 0 Å². The van der Waals surface area contributed by atoms with E-state index in [4.69, 9.17) is 9.47 Å². The fourth-order valence-corrected chi connectivity index (χ4v) is 3.21. The number of ether oxygens (including phenoxy) is 2. The fraction of sp³-hybridized carbons (Fsp3) is 0.474. The third-order valence-electron chi connectivity index (χ3n) is 4.44. The van der Waals surface area contributed by atoms with Gasteiger partial charge in [-0.2, -0.15) is 5.10 Å². The molecule has 0 spiro atoms. The minimum absolute atomic E-state index is 0.0878. The van der Waals surface area contributed by atoms with E-state index in [1.807, 2.05) is 11.6 Å². The average Bonchev–Trinajstić information content (AvgIpc) is 2.94. The lowest BCUT2D eigenvalue weighted by atomic mass is 10.1. The van der Waals surface area contributed by atoms with Crippen molar-refractivity contribution in [1.82, 2.24) is 14.7 Å². The first-order valence-corrected chi connectivity index (χ1v) is 8.58. The topological polar surface area (TPSA) is 56.6 Å². The van der Waals surface area contributed by atoms with Crippen LogP contribution in [0.25, 0.3) is 5.69 Å². The van der Waals surface area contributed by atoms with E-state index in [1.54, 1.807) is 0 Å². The van der Waals surface area contributed by atoms with Crippen molar-refractivity contribution in [2.75, 3.05) is 26.8 Å². The zero-order chi connectivity index (χ0) is 17.8. The van der Waals surface area contributed by atoms with Gasteiger partial charge in [0, 0.05) is 25.3 Å². The molecule has 1 aliphatic heterocycles. The summed E-state index contributed by atoms with van der Waals surface area (Å²) in [6, 6.07) is 10.5. The number of hydrogen-bond acceptors (Lipinski definition) is 5. The molecule has 1 aromatic heterocycles. The summed E-state index contributed by atoms with van der Waals surface area (Å²) in [7, 11) is 1.41. The summed E-state index contributed by atoms with van der Waals surface area (Å²) in [5.41, 5.74) is 4.46. The van der Waals surface area contributed by atoms with Gasteiger partial charge in [0.15, 0.2) is 0 Å². The molecule has 1 fully saturated rings. The zero-order valence-electron chi connectivity index (χ0n) is 15.1. The van der Waals surface area contributed by atoms with Gasteiger partial charge in [0.05, 0.1) is 37.6 Å². The van der Waals surface area contributed by atoms with Crippen LogP contribution >= 0.6 is 0 Å². The second-order valence-corrected chi connectivity index (χ2v) is 6.51. The van der Waals surface area contributed by atoms with Gasteiger partial charge in [0.2, 0.25) is 0 Å². The van der Waals surface area contributed by atoms with Gasteiger partial charge in [0.25, 0.3) is 0 Å². The van der Waals surface area contributed by atoms with Gasteiger partial charge >= 0.3 is 5.97 Å². The molecule has 2 heterocycles. The minimum atomic E-state index is -0.221. The van der Waals surface area contributed by atoms with Crippen LogP contribution in [-0.4, -0.2) is 53.6 Å². The highest BCUT2D eigenvalue weighted by molar-refractivity contribution is 5.69. The van der Waals surface area contributed by atoms with Gasteiger partial charge in [-0.3, -0.25) is 9.69 Å². The molecule has 0 unspecified atom stereocenters. The minimum Gasteiger partial charge on any atom is -0.469 e. The lowest BCUT2D eigenvalue weighted by molar-refractivity contribution is -0.145. The number of aromatic nitrogens is 2. The molecule has 6 heteroatoms. The molecule has 0 bridgehead atoms. The van der Waals surface area contributed by atoms with Crippen molar-refractivity contribution < 1.29 is 14.3 Å². The van der Waals surface area contributed by atoms with Crippen molar-refractivity contribution in [3.8, 4) is 5.69 Å². The van der Waals surface area contributed by atoms with Crippen molar-refractivity contribution in [3.63, 3.8) is 0 Å². The van der Waals surface area contributed by atoms with Crippen LogP contribution in [0.1, 0.15) is 23.4 Å². The molecule has 0 radical (unpaired) electrons. The maximum Gasteiger partial charge on any atom is 0.308 e. The number of aryl methyl sites for hydroxylation is 2. The van der Waals surface area contributed by atoms with Crippen LogP contribution in [0.4, 0.5) is 0 Å². The standard InChI is InChI=1S/C19H25N3O3/c1-14-10-15(2)22(20-14)17-6-4-16(5-7-17)12-21-8-9-25-18(13-21)11-19(23)24-3/h4-7,10,18H,8-9,11-13H2,1-3H3/t18-/m0/s1. The van der Waals surface area contributed by atoms with E-state index < -0.39 is 0 Å². The van der Waals surface area contributed by atoms with Gasteiger partial charge < -0.3 is 9.47 Å². The highest BCUT2D eigenvalue weighted by Crippen LogP contribution is 2.16. The van der Waals surface area contributed by atoms with Gasteiger partial charge in [-0.1, -0.05) is 12.1 Å². The van der Waals surface area contributed by atoms with E-state index in [0.717, 1.165) is 36.7 Å². The van der Waals surface area contributed by atoms with E-state index in [1.165, 1.54) is 12.7 Å². The molecular weight excluding hydrogens is 318 g/mol. The van der Waals surface area contributed by atoms with Crippen molar-refractivity contribution >= 4 is 5.97 Å². The maximum atomic E-state index is 11.4. The number of hydrogen-bond donors (Lipinski definition) is 0. The molecule has 134 valence electrons. The number of esters is 1. The zero-order valence-corrected chi connectivity index (χ0v) is 15.1. The van der Waals surface area contributed by atoms with Crippen LogP contribution in [-0.2, 0) is 20.8 Å². The average molecular weight is 343 g/mol. The molecule has 1 aromatic carbocycles. The largest absolute Gasteiger partial charge is 0.469 e. The molecule has 1 atom stereocenters. The number of carbonyl (C=O) groups excluding carboxylic acids is 1. The monoisotopic (exact) mass is 343 g/mol. The highest BCUT2D eigenvalue weighted by Gasteiger charge is 2.23. The predicted molar refractivity (Wildman–Crippen MR) is 94.7 cm³/mol. The summed E-state index contributed by atoms with van der Waals surface area (Å²) in [5, 5.41) is 4.52. The SMILES string of the molecule is COC(=O)C[C@H]1CN(Cc2ccc(-n3nc(C)cc3C)cc2)CCO1. The smallest absolute Gasteiger partial charge is 0.308 e. The number of rotatable bonds is 5. The number of morpholine rings is 1. The second kappa shape index (κ2) is 7.80. The first kappa shape index (κ1) is 17.6. The van der Waals surface area contributed by atoms with E-state index in [-0.39, 0.29) is 12.1 Å². The summed E-state index contributed by atoms with van der Waals surface area (Å²) in [6.07, 6.45) is 0.222. The quantitative estimate of drug-likeness (QED) is 0.780. The van der Waals surface area contributed by atoms with Crippen molar-refractivity contribution in [2.45, 2.75) is 32.9 Å². The van der Waals surface area contributed by atoms with Crippen molar-refractivity contribution in [3.05, 3.63) is 47.3 Å². The summed E-state index contributed by atoms with van der Waals surface area (Å²) in [5.74, 6) is -0.221. The Bertz CT molecular complexity index is 724. The normalized spacial score (nSPS) is 18.3. The van der Waals surface area contributed by atoms with Gasteiger partial charge in [-0.15, -0.1) is 0 Å². The number of benzene rings is 1. The molecular formula is C19H25N3O3. The van der Waals surface area contributed by atoms with Crippen LogP contribution in [0.2, 0.25) is 0 Å². The van der Waals surface area contributed by atoms with Gasteiger partial charge in [-0.25, -0.2) is 4.68 Å². The third kappa shape index (κ3) is 4.46. The Morgan fingerprint density at radius 3 is 2.72 bits per heavy atom. The molecule has 3 rings (SSSR count). The van der Waals surface area contributed by atoms with Gasteiger partial charge in [0.1, 0.15) is 0 Å². The highest BCUT2D eigenvalue weighted by atomic mass is 16.5. The first-order valence-electron chi connectivity index (χ1n) is 8.58. The molecule has 1 aliphatic rings. The van der Waals surface area contributed by atoms with Crippen LogP contribution in [0.15, 0.2) is 30.3 Å². The molecule has 0 N–H and O–H groups in total. The molecule has 1 saturated heterocycles. The molecule has 25 heavy (non-hydrogen) atoms. The summed E-state index contributed by atoms with van der Waals surface area (Å²) < 4.78 is 12.3. The van der Waals surface area contributed by atoms with E-state index in [9.17, 15) is 4.79 Å². The van der Waals surface area contributed by atoms with Crippen LogP contribution < -0.4 is 0 Å². The Balaban J connectivity index is 1.61. The first-order chi connectivity index (χ1) is 12.0. The Morgan fingerprint density at radius 2 is 2.08 bits per heavy atom. The Labute approximate surface area is 148 Å². The molecule has 6 nitrogen and oxygen atoms in total. The predicted octanol–water partition coefficient (Wildman–Crippen LogP) is 2.25. The van der Waals surface area contributed by atoms with E-state index in [0.29, 0.717) is 13.0 Å². The lowest BCUT2D eigenvalue weighted by Crippen LogP contribution is -2.42. The van der Waals surface area contributed by atoms with E-state index in [2.05, 4.69) is 47.3 Å². The summed E-state index contributed by atoms with van der Waals surface area (Å²) in [4.78, 5) is 13.7. The maximum absolute atomic E-state index is 11.4. The summed E-state index contributed by atoms with van der Waals surface area (Å²) in [6.45, 7) is 7.17. The van der Waals surface area contributed by atoms with Crippen LogP contribution in [0.3, 0.4) is 0 Å². The van der Waals surface area contributed by atoms with Crippen molar-refractivity contribution in [2.24, 2.45) is 0 Å². The lowest BCUT2D eigenvalue weighted by Gasteiger charge is -2.32. The van der Waals surface area contributed by atoms with Crippen LogP contribution in [0, 0.1) is 13.8 Å². The summed E-state index contributed by atoms with van der Waals surface area (Å²) >= 11 is 0. The number of nitrogens with zero attached hydrogens (tertiary/aromatic N) is 3.